The van der Waals surface area contributed by atoms with Crippen molar-refractivity contribution in [1.82, 2.24) is 5.32 Å². The van der Waals surface area contributed by atoms with Crippen molar-refractivity contribution in [1.29, 1.82) is 0 Å². The van der Waals surface area contributed by atoms with E-state index in [1.165, 1.54) is 0 Å². The predicted octanol–water partition coefficient (Wildman–Crippen LogP) is 1.38. The van der Waals surface area contributed by atoms with Gasteiger partial charge >= 0.3 is 0 Å². The smallest absolute Gasteiger partial charge is 0.115 e. The molecule has 0 spiro atoms. The van der Waals surface area contributed by atoms with E-state index in [-0.39, 0.29) is 5.75 Å². The lowest BCUT2D eigenvalue weighted by molar-refractivity contribution is 0.174. The summed E-state index contributed by atoms with van der Waals surface area (Å²) in [5.74, 6) is 0.143. The van der Waals surface area contributed by atoms with Gasteiger partial charge in [0, 0.05) is 24.5 Å². The number of aromatic hydroxyl groups is 1. The van der Waals surface area contributed by atoms with Gasteiger partial charge in [-0.3, -0.25) is 0 Å². The van der Waals surface area contributed by atoms with Crippen LogP contribution < -0.4 is 16.8 Å². The van der Waals surface area contributed by atoms with E-state index in [1.54, 1.807) is 36.4 Å². The molecule has 20 heavy (non-hydrogen) atoms. The second kappa shape index (κ2) is 6.27. The van der Waals surface area contributed by atoms with Gasteiger partial charge in [0.05, 0.1) is 6.10 Å². The number of nitrogens with two attached hydrogens (primary N) is 2. The van der Waals surface area contributed by atoms with Gasteiger partial charge in [0.25, 0.3) is 0 Å². The number of rotatable bonds is 5. The maximum absolute atomic E-state index is 10.0. The first-order chi connectivity index (χ1) is 9.56. The molecule has 0 aliphatic heterocycles. The first kappa shape index (κ1) is 14.2. The summed E-state index contributed by atoms with van der Waals surface area (Å²) in [5, 5.41) is 22.5. The van der Waals surface area contributed by atoms with Crippen molar-refractivity contribution in [2.24, 2.45) is 0 Å². The number of aliphatic hydroxyl groups is 1. The van der Waals surface area contributed by atoms with Crippen molar-refractivity contribution in [3.8, 4) is 5.75 Å². The van der Waals surface area contributed by atoms with Gasteiger partial charge in [-0.25, -0.2) is 0 Å². The Morgan fingerprint density at radius 2 is 1.90 bits per heavy atom. The summed E-state index contributed by atoms with van der Waals surface area (Å²) >= 11 is 0. The number of phenols is 1. The van der Waals surface area contributed by atoms with Gasteiger partial charge in [-0.1, -0.05) is 18.2 Å². The third-order valence-corrected chi connectivity index (χ3v) is 3.08. The first-order valence-electron chi connectivity index (χ1n) is 6.38. The van der Waals surface area contributed by atoms with E-state index in [2.05, 4.69) is 5.32 Å². The van der Waals surface area contributed by atoms with E-state index in [4.69, 9.17) is 11.5 Å². The molecule has 2 rings (SSSR count). The molecule has 1 atom stereocenters. The Morgan fingerprint density at radius 1 is 1.10 bits per heavy atom. The predicted molar refractivity (Wildman–Crippen MR) is 80.0 cm³/mol. The number of phenolic OH excluding ortho intramolecular Hbond substituents is 1. The highest BCUT2D eigenvalue weighted by atomic mass is 16.3. The van der Waals surface area contributed by atoms with Crippen LogP contribution in [0, 0.1) is 0 Å². The van der Waals surface area contributed by atoms with Crippen LogP contribution in [0.3, 0.4) is 0 Å². The Kier molecular flexibility index (Phi) is 4.45. The van der Waals surface area contributed by atoms with E-state index in [9.17, 15) is 10.2 Å². The summed E-state index contributed by atoms with van der Waals surface area (Å²) in [7, 11) is 0. The van der Waals surface area contributed by atoms with Gasteiger partial charge in [0.1, 0.15) is 5.75 Å². The fourth-order valence-electron chi connectivity index (χ4n) is 1.97. The second-order valence-corrected chi connectivity index (χ2v) is 4.70. The summed E-state index contributed by atoms with van der Waals surface area (Å²) in [5.41, 5.74) is 14.3. The molecule has 0 heterocycles. The molecule has 7 N–H and O–H groups in total. The van der Waals surface area contributed by atoms with E-state index < -0.39 is 6.10 Å². The van der Waals surface area contributed by atoms with Crippen molar-refractivity contribution >= 4 is 11.4 Å². The summed E-state index contributed by atoms with van der Waals surface area (Å²) in [4.78, 5) is 0. The molecule has 106 valence electrons. The van der Waals surface area contributed by atoms with Crippen LogP contribution in [0.2, 0.25) is 0 Å². The van der Waals surface area contributed by atoms with Crippen molar-refractivity contribution in [2.45, 2.75) is 12.6 Å². The summed E-state index contributed by atoms with van der Waals surface area (Å²) in [6.45, 7) is 0.912. The number of nitrogens with one attached hydrogen (secondary N) is 1. The summed E-state index contributed by atoms with van der Waals surface area (Å²) in [6.07, 6.45) is -0.683. The molecule has 0 radical (unpaired) electrons. The highest BCUT2D eigenvalue weighted by molar-refractivity contribution is 5.56. The van der Waals surface area contributed by atoms with Crippen LogP contribution in [-0.4, -0.2) is 16.8 Å². The van der Waals surface area contributed by atoms with Gasteiger partial charge in [-0.05, 0) is 35.4 Å². The number of nitrogen functional groups attached to an aromatic ring is 2. The summed E-state index contributed by atoms with van der Waals surface area (Å²) in [6, 6.07) is 11.9. The molecule has 2 aromatic carbocycles. The quantitative estimate of drug-likeness (QED) is 0.529. The Labute approximate surface area is 117 Å². The van der Waals surface area contributed by atoms with Gasteiger partial charge in [0.15, 0.2) is 0 Å². The number of anilines is 2. The van der Waals surface area contributed by atoms with E-state index >= 15 is 0 Å². The zero-order chi connectivity index (χ0) is 14.5. The van der Waals surface area contributed by atoms with E-state index in [0.717, 1.165) is 5.56 Å². The lowest BCUT2D eigenvalue weighted by atomic mass is 10.1. The molecule has 5 nitrogen and oxygen atoms in total. The zero-order valence-corrected chi connectivity index (χ0v) is 11.1. The normalized spacial score (nSPS) is 12.2. The maximum Gasteiger partial charge on any atom is 0.115 e. The molecule has 0 saturated heterocycles. The fraction of sp³-hybridized carbons (Fsp3) is 0.200. The SMILES string of the molecule is Nc1ccc(CNCC(O)c2cccc(O)c2)c(N)c1. The molecule has 1 unspecified atom stereocenters. The van der Waals surface area contributed by atoms with E-state index in [1.807, 2.05) is 6.07 Å². The minimum absolute atomic E-state index is 0.143. The fourth-order valence-corrected chi connectivity index (χ4v) is 1.97. The monoisotopic (exact) mass is 273 g/mol. The highest BCUT2D eigenvalue weighted by Gasteiger charge is 2.08. The van der Waals surface area contributed by atoms with Crippen LogP contribution in [0.1, 0.15) is 17.2 Å². The molecule has 2 aromatic rings. The molecule has 0 aliphatic rings. The van der Waals surface area contributed by atoms with Crippen LogP contribution in [0.15, 0.2) is 42.5 Å². The lowest BCUT2D eigenvalue weighted by Crippen LogP contribution is -2.21. The second-order valence-electron chi connectivity index (χ2n) is 4.70. The standard InChI is InChI=1S/C15H19N3O2/c16-12-5-4-11(14(17)7-12)8-18-9-15(20)10-2-1-3-13(19)6-10/h1-7,15,18-20H,8-9,16-17H2. The number of hydrogen-bond acceptors (Lipinski definition) is 5. The molecule has 0 amide bonds. The van der Waals surface area contributed by atoms with Crippen LogP contribution in [-0.2, 0) is 6.54 Å². The molecular formula is C15H19N3O2. The Bertz CT molecular complexity index is 587. The average Bonchev–Trinajstić information content (AvgIpc) is 2.41. The van der Waals surface area contributed by atoms with Crippen molar-refractivity contribution in [2.75, 3.05) is 18.0 Å². The lowest BCUT2D eigenvalue weighted by Gasteiger charge is -2.13. The van der Waals surface area contributed by atoms with Crippen molar-refractivity contribution in [3.05, 3.63) is 53.6 Å². The number of aliphatic hydroxyl groups excluding tert-OH is 1. The minimum Gasteiger partial charge on any atom is -0.508 e. The zero-order valence-electron chi connectivity index (χ0n) is 11.1. The molecule has 0 bridgehead atoms. The van der Waals surface area contributed by atoms with Crippen molar-refractivity contribution in [3.63, 3.8) is 0 Å². The Balaban J connectivity index is 1.89. The molecule has 0 saturated carbocycles. The minimum atomic E-state index is -0.683. The van der Waals surface area contributed by atoms with Gasteiger partial charge in [-0.2, -0.15) is 0 Å². The number of hydrogen-bond donors (Lipinski definition) is 5. The molecule has 0 aliphatic carbocycles. The average molecular weight is 273 g/mol. The molecular weight excluding hydrogens is 254 g/mol. The first-order valence-corrected chi connectivity index (χ1v) is 6.38. The van der Waals surface area contributed by atoms with Crippen LogP contribution in [0.4, 0.5) is 11.4 Å². The maximum atomic E-state index is 10.0. The topological polar surface area (TPSA) is 105 Å². The van der Waals surface area contributed by atoms with Crippen LogP contribution in [0.5, 0.6) is 5.75 Å². The van der Waals surface area contributed by atoms with Gasteiger partial charge in [-0.15, -0.1) is 0 Å². The van der Waals surface area contributed by atoms with Crippen molar-refractivity contribution < 1.29 is 10.2 Å². The highest BCUT2D eigenvalue weighted by Crippen LogP contribution is 2.18. The number of benzene rings is 2. The Hall–Kier alpha value is -2.24. The van der Waals surface area contributed by atoms with E-state index in [0.29, 0.717) is 30.0 Å². The third-order valence-electron chi connectivity index (χ3n) is 3.08. The largest absolute Gasteiger partial charge is 0.508 e. The van der Waals surface area contributed by atoms with Crippen LogP contribution in [0.25, 0.3) is 0 Å². The Morgan fingerprint density at radius 3 is 2.60 bits per heavy atom. The molecule has 5 heteroatoms. The third kappa shape index (κ3) is 3.63. The van der Waals surface area contributed by atoms with Gasteiger partial charge < -0.3 is 27.0 Å². The molecule has 0 aromatic heterocycles. The van der Waals surface area contributed by atoms with Gasteiger partial charge in [0.2, 0.25) is 0 Å². The van der Waals surface area contributed by atoms with Crippen LogP contribution >= 0.6 is 0 Å². The summed E-state index contributed by atoms with van der Waals surface area (Å²) < 4.78 is 0. The molecule has 0 fully saturated rings.